The number of hydrogen-bond acceptors (Lipinski definition) is 2. The molecule has 1 aromatic heterocycles. The van der Waals surface area contributed by atoms with Crippen LogP contribution in [0.5, 0.6) is 0 Å². The molecule has 1 fully saturated rings. The molecule has 0 spiro atoms. The van der Waals surface area contributed by atoms with Crippen molar-refractivity contribution in [2.24, 2.45) is 5.92 Å². The topological polar surface area (TPSA) is 29.9 Å². The standard InChI is InChI=1S/C13H23N3/c1-3-16-9-8-15-13(16)10-11-6-4-5-7-12(11)14-2/h8-9,11-12,14H,3-7,10H2,1-2H3. The zero-order valence-electron chi connectivity index (χ0n) is 10.4. The van der Waals surface area contributed by atoms with E-state index < -0.39 is 0 Å². The van der Waals surface area contributed by atoms with E-state index in [-0.39, 0.29) is 0 Å². The SMILES string of the molecule is CCn1ccnc1CC1CCCCC1NC. The van der Waals surface area contributed by atoms with Crippen LogP contribution in [0.25, 0.3) is 0 Å². The highest BCUT2D eigenvalue weighted by Gasteiger charge is 2.24. The van der Waals surface area contributed by atoms with Crippen molar-refractivity contribution < 1.29 is 0 Å². The first-order chi connectivity index (χ1) is 7.85. The summed E-state index contributed by atoms with van der Waals surface area (Å²) in [4.78, 5) is 4.49. The van der Waals surface area contributed by atoms with Crippen LogP contribution in [0, 0.1) is 5.92 Å². The van der Waals surface area contributed by atoms with Gasteiger partial charge in [0.1, 0.15) is 5.82 Å². The Labute approximate surface area is 98.3 Å². The highest BCUT2D eigenvalue weighted by molar-refractivity contribution is 4.96. The molecule has 0 aliphatic heterocycles. The van der Waals surface area contributed by atoms with Crippen molar-refractivity contribution in [2.45, 2.75) is 51.6 Å². The molecule has 1 N–H and O–H groups in total. The second-order valence-electron chi connectivity index (χ2n) is 4.77. The minimum absolute atomic E-state index is 0.691. The lowest BCUT2D eigenvalue weighted by molar-refractivity contribution is 0.267. The van der Waals surface area contributed by atoms with Crippen LogP contribution in [-0.4, -0.2) is 22.6 Å². The minimum atomic E-state index is 0.691. The first-order valence-corrected chi connectivity index (χ1v) is 6.52. The molecule has 2 rings (SSSR count). The Kier molecular flexibility index (Phi) is 3.99. The summed E-state index contributed by atoms with van der Waals surface area (Å²) in [6, 6.07) is 0.691. The zero-order chi connectivity index (χ0) is 11.4. The second kappa shape index (κ2) is 5.48. The molecule has 2 unspecified atom stereocenters. The van der Waals surface area contributed by atoms with Crippen molar-refractivity contribution in [3.63, 3.8) is 0 Å². The summed E-state index contributed by atoms with van der Waals surface area (Å²) >= 11 is 0. The van der Waals surface area contributed by atoms with Crippen LogP contribution in [0.4, 0.5) is 0 Å². The quantitative estimate of drug-likeness (QED) is 0.845. The number of aromatic nitrogens is 2. The first kappa shape index (κ1) is 11.6. The van der Waals surface area contributed by atoms with Crippen molar-refractivity contribution in [3.05, 3.63) is 18.2 Å². The van der Waals surface area contributed by atoms with Crippen LogP contribution in [-0.2, 0) is 13.0 Å². The summed E-state index contributed by atoms with van der Waals surface area (Å²) in [6.45, 7) is 3.22. The number of imidazole rings is 1. The van der Waals surface area contributed by atoms with Gasteiger partial charge in [0.25, 0.3) is 0 Å². The summed E-state index contributed by atoms with van der Waals surface area (Å²) in [5.74, 6) is 2.03. The summed E-state index contributed by atoms with van der Waals surface area (Å²) < 4.78 is 2.27. The fraction of sp³-hybridized carbons (Fsp3) is 0.769. The summed E-state index contributed by atoms with van der Waals surface area (Å²) in [6.07, 6.45) is 10.6. The molecule has 90 valence electrons. The van der Waals surface area contributed by atoms with Gasteiger partial charge in [-0.15, -0.1) is 0 Å². The van der Waals surface area contributed by atoms with Crippen molar-refractivity contribution in [1.29, 1.82) is 0 Å². The van der Waals surface area contributed by atoms with Crippen LogP contribution in [0.1, 0.15) is 38.4 Å². The van der Waals surface area contributed by atoms with Crippen molar-refractivity contribution >= 4 is 0 Å². The van der Waals surface area contributed by atoms with E-state index >= 15 is 0 Å². The highest BCUT2D eigenvalue weighted by atomic mass is 15.1. The van der Waals surface area contributed by atoms with E-state index in [0.717, 1.165) is 18.9 Å². The fourth-order valence-electron chi connectivity index (χ4n) is 2.88. The van der Waals surface area contributed by atoms with Gasteiger partial charge in [-0.05, 0) is 32.7 Å². The van der Waals surface area contributed by atoms with Crippen molar-refractivity contribution in [3.8, 4) is 0 Å². The molecule has 0 amide bonds. The summed E-state index contributed by atoms with van der Waals surface area (Å²) in [5, 5.41) is 3.47. The predicted octanol–water partition coefficient (Wildman–Crippen LogP) is 2.22. The molecule has 16 heavy (non-hydrogen) atoms. The lowest BCUT2D eigenvalue weighted by Crippen LogP contribution is -2.37. The monoisotopic (exact) mass is 221 g/mol. The van der Waals surface area contributed by atoms with E-state index in [1.54, 1.807) is 0 Å². The second-order valence-corrected chi connectivity index (χ2v) is 4.77. The molecule has 1 saturated carbocycles. The molecule has 1 aliphatic carbocycles. The Bertz CT molecular complexity index is 319. The van der Waals surface area contributed by atoms with Gasteiger partial charge in [-0.1, -0.05) is 12.8 Å². The third kappa shape index (κ3) is 2.46. The largest absolute Gasteiger partial charge is 0.335 e. The molecule has 1 heterocycles. The maximum atomic E-state index is 4.49. The molecule has 2 atom stereocenters. The molecule has 0 aromatic carbocycles. The van der Waals surface area contributed by atoms with Gasteiger partial charge in [0.15, 0.2) is 0 Å². The van der Waals surface area contributed by atoms with E-state index in [9.17, 15) is 0 Å². The van der Waals surface area contributed by atoms with E-state index in [0.29, 0.717) is 6.04 Å². The van der Waals surface area contributed by atoms with Crippen molar-refractivity contribution in [1.82, 2.24) is 14.9 Å². The molecule has 0 bridgehead atoms. The smallest absolute Gasteiger partial charge is 0.108 e. The van der Waals surface area contributed by atoms with E-state index in [4.69, 9.17) is 0 Å². The molecule has 1 aliphatic rings. The third-order valence-electron chi connectivity index (χ3n) is 3.87. The van der Waals surface area contributed by atoms with Gasteiger partial charge in [-0.2, -0.15) is 0 Å². The number of hydrogen-bond donors (Lipinski definition) is 1. The van der Waals surface area contributed by atoms with Gasteiger partial charge in [-0.25, -0.2) is 4.98 Å². The van der Waals surface area contributed by atoms with Crippen LogP contribution < -0.4 is 5.32 Å². The molecule has 1 aromatic rings. The van der Waals surface area contributed by atoms with E-state index in [1.807, 2.05) is 6.20 Å². The van der Waals surface area contributed by atoms with Crippen LogP contribution in [0.2, 0.25) is 0 Å². The van der Waals surface area contributed by atoms with Gasteiger partial charge in [0, 0.05) is 31.4 Å². The van der Waals surface area contributed by atoms with E-state index in [1.165, 1.54) is 31.5 Å². The summed E-state index contributed by atoms with van der Waals surface area (Å²) in [7, 11) is 2.09. The van der Waals surface area contributed by atoms with Gasteiger partial charge in [0.05, 0.1) is 0 Å². The fourth-order valence-corrected chi connectivity index (χ4v) is 2.88. The highest BCUT2D eigenvalue weighted by Crippen LogP contribution is 2.26. The summed E-state index contributed by atoms with van der Waals surface area (Å²) in [5.41, 5.74) is 0. The lowest BCUT2D eigenvalue weighted by atomic mass is 9.82. The zero-order valence-corrected chi connectivity index (χ0v) is 10.4. The number of nitrogens with zero attached hydrogens (tertiary/aromatic N) is 2. The van der Waals surface area contributed by atoms with Crippen LogP contribution >= 0.6 is 0 Å². The Morgan fingerprint density at radius 2 is 2.25 bits per heavy atom. The Morgan fingerprint density at radius 1 is 1.44 bits per heavy atom. The first-order valence-electron chi connectivity index (χ1n) is 6.52. The Balaban J connectivity index is 2.02. The maximum absolute atomic E-state index is 4.49. The Hall–Kier alpha value is -0.830. The minimum Gasteiger partial charge on any atom is -0.335 e. The van der Waals surface area contributed by atoms with Crippen LogP contribution in [0.3, 0.4) is 0 Å². The van der Waals surface area contributed by atoms with Gasteiger partial charge in [0.2, 0.25) is 0 Å². The van der Waals surface area contributed by atoms with Gasteiger partial charge < -0.3 is 9.88 Å². The third-order valence-corrected chi connectivity index (χ3v) is 3.87. The van der Waals surface area contributed by atoms with E-state index in [2.05, 4.69) is 35.0 Å². The molecule has 3 heteroatoms. The Morgan fingerprint density at radius 3 is 3.00 bits per heavy atom. The van der Waals surface area contributed by atoms with Crippen LogP contribution in [0.15, 0.2) is 12.4 Å². The maximum Gasteiger partial charge on any atom is 0.108 e. The van der Waals surface area contributed by atoms with Gasteiger partial charge in [-0.3, -0.25) is 0 Å². The normalized spacial score (nSPS) is 25.9. The molecular formula is C13H23N3. The number of aryl methyl sites for hydroxylation is 1. The number of rotatable bonds is 4. The molecular weight excluding hydrogens is 198 g/mol. The predicted molar refractivity (Wildman–Crippen MR) is 66.4 cm³/mol. The average Bonchev–Trinajstić information content (AvgIpc) is 2.77. The average molecular weight is 221 g/mol. The van der Waals surface area contributed by atoms with Crippen molar-refractivity contribution in [2.75, 3.05) is 7.05 Å². The van der Waals surface area contributed by atoms with Gasteiger partial charge >= 0.3 is 0 Å². The molecule has 0 radical (unpaired) electrons. The number of nitrogens with one attached hydrogen (secondary N) is 1. The molecule has 3 nitrogen and oxygen atoms in total. The molecule has 0 saturated heterocycles. The lowest BCUT2D eigenvalue weighted by Gasteiger charge is -2.31.